The summed E-state index contributed by atoms with van der Waals surface area (Å²) < 4.78 is 0. The number of hydrogen-bond donors (Lipinski definition) is 1. The number of carboxylic acids is 1. The number of carbonyl (C=O) groups excluding carboxylic acids is 1. The molecule has 0 saturated carbocycles. The smallest absolute Gasteiger partial charge is 0.314 e. The molecule has 88 valence electrons. The van der Waals surface area contributed by atoms with Crippen molar-refractivity contribution >= 4 is 23.6 Å². The van der Waals surface area contributed by atoms with Crippen molar-refractivity contribution in [3.63, 3.8) is 0 Å². The number of rotatable bonds is 1. The van der Waals surface area contributed by atoms with Gasteiger partial charge in [-0.05, 0) is 11.6 Å². The summed E-state index contributed by atoms with van der Waals surface area (Å²) in [5.74, 6) is -0.674. The molecule has 1 aromatic rings. The van der Waals surface area contributed by atoms with Crippen LogP contribution < -0.4 is 0 Å². The lowest BCUT2D eigenvalue weighted by atomic mass is 9.89. The second kappa shape index (κ2) is 3.77. The van der Waals surface area contributed by atoms with E-state index in [2.05, 4.69) is 0 Å². The summed E-state index contributed by atoms with van der Waals surface area (Å²) in [6.45, 7) is 0.645. The third kappa shape index (κ3) is 1.45. The van der Waals surface area contributed by atoms with E-state index in [1.807, 2.05) is 0 Å². The molecule has 2 aliphatic rings. The maximum atomic E-state index is 12.2. The summed E-state index contributed by atoms with van der Waals surface area (Å²) in [4.78, 5) is 25.3. The van der Waals surface area contributed by atoms with Gasteiger partial charge in [0.1, 0.15) is 5.92 Å². The van der Waals surface area contributed by atoms with Crippen LogP contribution in [0.3, 0.4) is 0 Å². The first-order valence-corrected chi connectivity index (χ1v) is 6.49. The number of carboxylic acid groups (broad SMARTS) is 1. The lowest BCUT2D eigenvalue weighted by molar-refractivity contribution is -0.139. The average Bonchev–Trinajstić information content (AvgIpc) is 2.78. The molecule has 0 radical (unpaired) electrons. The van der Waals surface area contributed by atoms with Crippen LogP contribution in [0.1, 0.15) is 21.8 Å². The molecule has 2 aliphatic heterocycles. The van der Waals surface area contributed by atoms with Gasteiger partial charge in [-0.15, -0.1) is 11.8 Å². The number of benzene rings is 1. The van der Waals surface area contributed by atoms with Crippen molar-refractivity contribution in [1.82, 2.24) is 4.90 Å². The average molecular weight is 249 g/mol. The zero-order chi connectivity index (χ0) is 12.0. The molecule has 2 unspecified atom stereocenters. The number of carbonyl (C=O) groups is 2. The van der Waals surface area contributed by atoms with E-state index in [0.717, 1.165) is 5.75 Å². The Balaban J connectivity index is 2.17. The maximum absolute atomic E-state index is 12.2. The Morgan fingerprint density at radius 2 is 2.18 bits per heavy atom. The van der Waals surface area contributed by atoms with E-state index >= 15 is 0 Å². The molecule has 0 aromatic heterocycles. The highest BCUT2D eigenvalue weighted by Gasteiger charge is 2.45. The molecule has 4 nitrogen and oxygen atoms in total. The minimum absolute atomic E-state index is 0.0342. The molecular formula is C12H11NO3S. The number of fused-ring (bicyclic) bond motifs is 2. The molecular weight excluding hydrogens is 238 g/mol. The first-order chi connectivity index (χ1) is 8.20. The van der Waals surface area contributed by atoms with E-state index in [0.29, 0.717) is 17.7 Å². The number of amides is 1. The topological polar surface area (TPSA) is 57.6 Å². The van der Waals surface area contributed by atoms with Crippen LogP contribution in [0.2, 0.25) is 0 Å². The highest BCUT2D eigenvalue weighted by molar-refractivity contribution is 8.00. The van der Waals surface area contributed by atoms with E-state index in [1.54, 1.807) is 40.9 Å². The Hall–Kier alpha value is -1.49. The SMILES string of the molecule is O=C(O)C1c2ccccc2C(=O)N2CCSC12. The first kappa shape index (κ1) is 10.7. The molecule has 0 aliphatic carbocycles. The second-order valence-corrected chi connectivity index (χ2v) is 5.39. The predicted octanol–water partition coefficient (Wildman–Crippen LogP) is 1.38. The summed E-state index contributed by atoms with van der Waals surface area (Å²) in [5, 5.41) is 9.13. The standard InChI is InChI=1S/C12H11NO3S/c14-10-8-4-2-1-3-7(8)9(12(15)16)11-13(10)5-6-17-11/h1-4,9,11H,5-6H2,(H,15,16). The Labute approximate surface area is 103 Å². The number of nitrogens with zero attached hydrogens (tertiary/aromatic N) is 1. The third-order valence-corrected chi connectivity index (χ3v) is 4.55. The predicted molar refractivity (Wildman–Crippen MR) is 64.1 cm³/mol. The summed E-state index contributed by atoms with van der Waals surface area (Å²) >= 11 is 1.55. The van der Waals surface area contributed by atoms with Crippen LogP contribution in [0.25, 0.3) is 0 Å². The van der Waals surface area contributed by atoms with E-state index in [9.17, 15) is 14.7 Å². The number of hydrogen-bond acceptors (Lipinski definition) is 3. The van der Waals surface area contributed by atoms with Crippen molar-refractivity contribution in [2.75, 3.05) is 12.3 Å². The van der Waals surface area contributed by atoms with Gasteiger partial charge in [-0.3, -0.25) is 9.59 Å². The van der Waals surface area contributed by atoms with Gasteiger partial charge in [0.15, 0.2) is 0 Å². The minimum Gasteiger partial charge on any atom is -0.481 e. The fraction of sp³-hybridized carbons (Fsp3) is 0.333. The lowest BCUT2D eigenvalue weighted by Crippen LogP contribution is -2.45. The van der Waals surface area contributed by atoms with Gasteiger partial charge in [0, 0.05) is 17.9 Å². The van der Waals surface area contributed by atoms with Crippen LogP contribution in [0.5, 0.6) is 0 Å². The van der Waals surface area contributed by atoms with Crippen LogP contribution in [0, 0.1) is 0 Å². The summed E-state index contributed by atoms with van der Waals surface area (Å²) in [6.07, 6.45) is 0. The van der Waals surface area contributed by atoms with E-state index in [1.165, 1.54) is 0 Å². The quantitative estimate of drug-likeness (QED) is 0.817. The van der Waals surface area contributed by atoms with E-state index in [4.69, 9.17) is 0 Å². The Kier molecular flexibility index (Phi) is 2.36. The molecule has 0 spiro atoms. The molecule has 1 saturated heterocycles. The highest BCUT2D eigenvalue weighted by Crippen LogP contribution is 2.42. The second-order valence-electron chi connectivity index (χ2n) is 4.16. The molecule has 0 bridgehead atoms. The molecule has 1 fully saturated rings. The Morgan fingerprint density at radius 3 is 2.94 bits per heavy atom. The van der Waals surface area contributed by atoms with Gasteiger partial charge < -0.3 is 10.0 Å². The van der Waals surface area contributed by atoms with Crippen molar-refractivity contribution in [1.29, 1.82) is 0 Å². The summed E-state index contributed by atoms with van der Waals surface area (Å²) in [7, 11) is 0. The number of thioether (sulfide) groups is 1. The third-order valence-electron chi connectivity index (χ3n) is 3.27. The zero-order valence-electron chi connectivity index (χ0n) is 9.00. The molecule has 5 heteroatoms. The Morgan fingerprint density at radius 1 is 1.41 bits per heavy atom. The fourth-order valence-corrected chi connectivity index (χ4v) is 3.89. The van der Waals surface area contributed by atoms with Gasteiger partial charge >= 0.3 is 5.97 Å². The first-order valence-electron chi connectivity index (χ1n) is 5.44. The normalized spacial score (nSPS) is 26.6. The summed E-state index contributed by atoms with van der Waals surface area (Å²) in [5.41, 5.74) is 1.19. The van der Waals surface area contributed by atoms with Crippen LogP contribution in [-0.4, -0.2) is 39.6 Å². The van der Waals surface area contributed by atoms with Crippen molar-refractivity contribution in [3.05, 3.63) is 35.4 Å². The largest absolute Gasteiger partial charge is 0.481 e. The van der Waals surface area contributed by atoms with Gasteiger partial charge in [0.2, 0.25) is 0 Å². The molecule has 2 atom stereocenters. The van der Waals surface area contributed by atoms with Crippen molar-refractivity contribution in [2.45, 2.75) is 11.3 Å². The highest BCUT2D eigenvalue weighted by atomic mass is 32.2. The minimum atomic E-state index is -0.852. The molecule has 2 heterocycles. The molecule has 1 amide bonds. The van der Waals surface area contributed by atoms with Crippen molar-refractivity contribution in [2.24, 2.45) is 0 Å². The van der Waals surface area contributed by atoms with Crippen LogP contribution >= 0.6 is 11.8 Å². The van der Waals surface area contributed by atoms with Crippen molar-refractivity contribution < 1.29 is 14.7 Å². The van der Waals surface area contributed by atoms with Crippen LogP contribution in [-0.2, 0) is 4.79 Å². The van der Waals surface area contributed by atoms with Gasteiger partial charge in [-0.25, -0.2) is 0 Å². The lowest BCUT2D eigenvalue weighted by Gasteiger charge is -2.34. The maximum Gasteiger partial charge on any atom is 0.314 e. The Bertz CT molecular complexity index is 502. The monoisotopic (exact) mass is 249 g/mol. The van der Waals surface area contributed by atoms with E-state index < -0.39 is 11.9 Å². The fourth-order valence-electron chi connectivity index (χ4n) is 2.51. The number of aliphatic carboxylic acids is 1. The molecule has 3 rings (SSSR count). The van der Waals surface area contributed by atoms with Crippen molar-refractivity contribution in [3.8, 4) is 0 Å². The van der Waals surface area contributed by atoms with Crippen LogP contribution in [0.4, 0.5) is 0 Å². The van der Waals surface area contributed by atoms with Crippen LogP contribution in [0.15, 0.2) is 24.3 Å². The molecule has 1 N–H and O–H groups in total. The van der Waals surface area contributed by atoms with Gasteiger partial charge in [0.05, 0.1) is 5.37 Å². The summed E-state index contributed by atoms with van der Waals surface area (Å²) in [6, 6.07) is 7.03. The zero-order valence-corrected chi connectivity index (χ0v) is 9.81. The van der Waals surface area contributed by atoms with E-state index in [-0.39, 0.29) is 11.3 Å². The van der Waals surface area contributed by atoms with Gasteiger partial charge in [-0.1, -0.05) is 18.2 Å². The van der Waals surface area contributed by atoms with Gasteiger partial charge in [-0.2, -0.15) is 0 Å². The molecule has 1 aromatic carbocycles. The molecule has 17 heavy (non-hydrogen) atoms. The van der Waals surface area contributed by atoms with Gasteiger partial charge in [0.25, 0.3) is 5.91 Å².